The molecule has 3 aromatic carbocycles. The molecule has 1 saturated heterocycles. The maximum Gasteiger partial charge on any atom is 0.269 e. The molecule has 0 spiro atoms. The van der Waals surface area contributed by atoms with Crippen molar-refractivity contribution < 1.29 is 22.5 Å². The Morgan fingerprint density at radius 1 is 0.812 bits per heavy atom. The van der Waals surface area contributed by atoms with Crippen LogP contribution in [0.3, 0.4) is 0 Å². The number of hydrogen-bond donors (Lipinski definition) is 0. The fourth-order valence-corrected chi connectivity index (χ4v) is 4.86. The molecular formula is C22H20FN3O5S. The van der Waals surface area contributed by atoms with Crippen molar-refractivity contribution >= 4 is 21.4 Å². The van der Waals surface area contributed by atoms with Gasteiger partial charge in [-0.25, -0.2) is 12.8 Å². The number of nitro groups is 1. The highest BCUT2D eigenvalue weighted by Crippen LogP contribution is 2.27. The number of anilines is 1. The van der Waals surface area contributed by atoms with Crippen molar-refractivity contribution in [2.75, 3.05) is 31.1 Å². The summed E-state index contributed by atoms with van der Waals surface area (Å²) in [5, 5.41) is 10.7. The van der Waals surface area contributed by atoms with Gasteiger partial charge in [-0.1, -0.05) is 0 Å². The number of sulfonamides is 1. The lowest BCUT2D eigenvalue weighted by Crippen LogP contribution is -2.48. The van der Waals surface area contributed by atoms with Gasteiger partial charge in [-0.15, -0.1) is 0 Å². The van der Waals surface area contributed by atoms with Crippen LogP contribution in [-0.2, 0) is 10.0 Å². The molecule has 0 radical (unpaired) electrons. The number of nitrogens with zero attached hydrogens (tertiary/aromatic N) is 3. The van der Waals surface area contributed by atoms with Crippen LogP contribution >= 0.6 is 0 Å². The first-order valence-electron chi connectivity index (χ1n) is 9.86. The summed E-state index contributed by atoms with van der Waals surface area (Å²) in [6.45, 7) is 1.65. The third-order valence-corrected chi connectivity index (χ3v) is 7.09. The topological polar surface area (TPSA) is 93.0 Å². The second-order valence-electron chi connectivity index (χ2n) is 7.19. The molecule has 0 unspecified atom stereocenters. The van der Waals surface area contributed by atoms with Crippen LogP contribution in [0.1, 0.15) is 0 Å². The Morgan fingerprint density at radius 3 is 1.88 bits per heavy atom. The van der Waals surface area contributed by atoms with Crippen molar-refractivity contribution in [3.8, 4) is 11.5 Å². The van der Waals surface area contributed by atoms with Crippen molar-refractivity contribution in [2.24, 2.45) is 0 Å². The van der Waals surface area contributed by atoms with Crippen LogP contribution in [0.4, 0.5) is 15.8 Å². The zero-order chi connectivity index (χ0) is 22.7. The molecule has 1 aliphatic rings. The number of hydrogen-bond acceptors (Lipinski definition) is 6. The summed E-state index contributed by atoms with van der Waals surface area (Å²) in [5.74, 6) is 0.512. The van der Waals surface area contributed by atoms with E-state index in [1.54, 1.807) is 24.3 Å². The summed E-state index contributed by atoms with van der Waals surface area (Å²) in [6, 6.07) is 17.8. The van der Waals surface area contributed by atoms with Gasteiger partial charge < -0.3 is 9.64 Å². The molecular weight excluding hydrogens is 437 g/mol. The molecule has 0 saturated carbocycles. The SMILES string of the molecule is O=[N+]([O-])c1ccc(Oc2ccc(S(=O)(=O)N3CCN(c4ccc(F)cc4)CC3)cc2)cc1. The molecule has 4 rings (SSSR count). The largest absolute Gasteiger partial charge is 0.457 e. The molecule has 32 heavy (non-hydrogen) atoms. The number of non-ortho nitro benzene ring substituents is 1. The maximum atomic E-state index is 13.1. The van der Waals surface area contributed by atoms with E-state index < -0.39 is 14.9 Å². The molecule has 166 valence electrons. The zero-order valence-electron chi connectivity index (χ0n) is 16.9. The van der Waals surface area contributed by atoms with Crippen LogP contribution in [0, 0.1) is 15.9 Å². The van der Waals surface area contributed by atoms with Crippen LogP contribution in [0.25, 0.3) is 0 Å². The number of halogens is 1. The van der Waals surface area contributed by atoms with Gasteiger partial charge in [-0.2, -0.15) is 4.31 Å². The highest BCUT2D eigenvalue weighted by atomic mass is 32.2. The molecule has 0 atom stereocenters. The summed E-state index contributed by atoms with van der Waals surface area (Å²) in [5.41, 5.74) is 0.814. The molecule has 0 N–H and O–H groups in total. The smallest absolute Gasteiger partial charge is 0.269 e. The lowest BCUT2D eigenvalue weighted by atomic mass is 10.2. The highest BCUT2D eigenvalue weighted by molar-refractivity contribution is 7.89. The van der Waals surface area contributed by atoms with E-state index in [2.05, 4.69) is 0 Å². The molecule has 0 aliphatic carbocycles. The molecule has 10 heteroatoms. The van der Waals surface area contributed by atoms with Gasteiger partial charge in [0, 0.05) is 44.0 Å². The third kappa shape index (κ3) is 4.71. The minimum absolute atomic E-state index is 0.0432. The summed E-state index contributed by atoms with van der Waals surface area (Å²) >= 11 is 0. The average Bonchev–Trinajstić information content (AvgIpc) is 2.80. The van der Waals surface area contributed by atoms with E-state index in [-0.39, 0.29) is 16.4 Å². The summed E-state index contributed by atoms with van der Waals surface area (Å²) in [4.78, 5) is 12.4. The standard InChI is InChI=1S/C22H20FN3O5S/c23-17-1-3-18(4-2-17)24-13-15-25(16-14-24)32(29,30)22-11-9-21(10-12-22)31-20-7-5-19(6-8-20)26(27)28/h1-12H,13-16H2. The van der Waals surface area contributed by atoms with E-state index in [0.717, 1.165) is 5.69 Å². The quantitative estimate of drug-likeness (QED) is 0.410. The Kier molecular flexibility index (Phi) is 6.06. The van der Waals surface area contributed by atoms with Gasteiger partial charge in [0.05, 0.1) is 9.82 Å². The van der Waals surface area contributed by atoms with Crippen molar-refractivity contribution in [1.82, 2.24) is 4.31 Å². The number of benzene rings is 3. The van der Waals surface area contributed by atoms with Crippen LogP contribution in [-0.4, -0.2) is 43.8 Å². The fourth-order valence-electron chi connectivity index (χ4n) is 3.44. The van der Waals surface area contributed by atoms with E-state index in [0.29, 0.717) is 37.7 Å². The Morgan fingerprint density at radius 2 is 1.34 bits per heavy atom. The van der Waals surface area contributed by atoms with Gasteiger partial charge in [0.1, 0.15) is 17.3 Å². The molecule has 1 fully saturated rings. The minimum Gasteiger partial charge on any atom is -0.457 e. The van der Waals surface area contributed by atoms with Gasteiger partial charge in [0.15, 0.2) is 0 Å². The number of piperazine rings is 1. The molecule has 0 aromatic heterocycles. The number of ether oxygens (including phenoxy) is 1. The van der Waals surface area contributed by atoms with E-state index in [4.69, 9.17) is 4.74 Å². The monoisotopic (exact) mass is 457 g/mol. The van der Waals surface area contributed by atoms with E-state index in [9.17, 15) is 22.9 Å². The van der Waals surface area contributed by atoms with Crippen molar-refractivity contribution in [2.45, 2.75) is 4.90 Å². The summed E-state index contributed by atoms with van der Waals surface area (Å²) in [6.07, 6.45) is 0. The molecule has 8 nitrogen and oxygen atoms in total. The van der Waals surface area contributed by atoms with Crippen molar-refractivity contribution in [1.29, 1.82) is 0 Å². The second-order valence-corrected chi connectivity index (χ2v) is 9.13. The predicted molar refractivity (Wildman–Crippen MR) is 117 cm³/mol. The number of nitro benzene ring substituents is 1. The van der Waals surface area contributed by atoms with Crippen LogP contribution < -0.4 is 9.64 Å². The van der Waals surface area contributed by atoms with Gasteiger partial charge in [-0.3, -0.25) is 10.1 Å². The van der Waals surface area contributed by atoms with Gasteiger partial charge in [0.2, 0.25) is 10.0 Å². The van der Waals surface area contributed by atoms with E-state index in [1.807, 2.05) is 4.90 Å². The Bertz CT molecular complexity index is 1190. The molecule has 1 aliphatic heterocycles. The maximum absolute atomic E-state index is 13.1. The van der Waals surface area contributed by atoms with Gasteiger partial charge in [-0.05, 0) is 60.7 Å². The van der Waals surface area contributed by atoms with E-state index in [1.165, 1.54) is 52.8 Å². The Hall–Kier alpha value is -3.50. The molecule has 3 aromatic rings. The zero-order valence-corrected chi connectivity index (χ0v) is 17.7. The van der Waals surface area contributed by atoms with Crippen LogP contribution in [0.5, 0.6) is 11.5 Å². The summed E-state index contributed by atoms with van der Waals surface area (Å²) in [7, 11) is -3.66. The number of rotatable bonds is 6. The first-order chi connectivity index (χ1) is 15.3. The Labute approximate surface area is 184 Å². The molecule has 0 bridgehead atoms. The summed E-state index contributed by atoms with van der Waals surface area (Å²) < 4.78 is 46.2. The molecule has 0 amide bonds. The van der Waals surface area contributed by atoms with Crippen molar-refractivity contribution in [3.05, 3.63) is 88.7 Å². The van der Waals surface area contributed by atoms with Crippen molar-refractivity contribution in [3.63, 3.8) is 0 Å². The Balaban J connectivity index is 1.39. The van der Waals surface area contributed by atoms with E-state index >= 15 is 0 Å². The van der Waals surface area contributed by atoms with Gasteiger partial charge in [0.25, 0.3) is 5.69 Å². The second kappa shape index (κ2) is 8.93. The lowest BCUT2D eigenvalue weighted by molar-refractivity contribution is -0.384. The van der Waals surface area contributed by atoms with Gasteiger partial charge >= 0.3 is 0 Å². The first kappa shape index (κ1) is 21.7. The molecule has 1 heterocycles. The minimum atomic E-state index is -3.66. The predicted octanol–water partition coefficient (Wildman–Crippen LogP) is 4.04. The van der Waals surface area contributed by atoms with Crippen LogP contribution in [0.2, 0.25) is 0 Å². The fraction of sp³-hybridized carbons (Fsp3) is 0.182. The van der Waals surface area contributed by atoms with Crippen LogP contribution in [0.15, 0.2) is 77.7 Å². The first-order valence-corrected chi connectivity index (χ1v) is 11.3. The highest BCUT2D eigenvalue weighted by Gasteiger charge is 2.28. The lowest BCUT2D eigenvalue weighted by Gasteiger charge is -2.35. The average molecular weight is 457 g/mol. The normalized spacial score (nSPS) is 14.8. The third-order valence-electron chi connectivity index (χ3n) is 5.18.